The first kappa shape index (κ1) is 9.24. The van der Waals surface area contributed by atoms with Crippen LogP contribution in [0.5, 0.6) is 5.75 Å². The predicted octanol–water partition coefficient (Wildman–Crippen LogP) is 2.41. The van der Waals surface area contributed by atoms with E-state index in [0.29, 0.717) is 11.8 Å². The minimum Gasteiger partial charge on any atom is -0.507 e. The van der Waals surface area contributed by atoms with Gasteiger partial charge in [-0.1, -0.05) is 0 Å². The fourth-order valence-electron chi connectivity index (χ4n) is 0.668. The van der Waals surface area contributed by atoms with Gasteiger partial charge in [0.05, 0.1) is 5.56 Å². The lowest BCUT2D eigenvalue weighted by molar-refractivity contribution is 0.112. The number of hydrogen-bond acceptors (Lipinski definition) is 2. The van der Waals surface area contributed by atoms with Crippen LogP contribution < -0.4 is 0 Å². The van der Waals surface area contributed by atoms with Crippen molar-refractivity contribution in [3.8, 4) is 5.75 Å². The van der Waals surface area contributed by atoms with Crippen molar-refractivity contribution < 1.29 is 9.90 Å². The van der Waals surface area contributed by atoms with Gasteiger partial charge in [-0.25, -0.2) is 0 Å². The van der Waals surface area contributed by atoms with E-state index in [0.717, 1.165) is 7.14 Å². The summed E-state index contributed by atoms with van der Waals surface area (Å²) in [5, 5.41) is 9.18. The van der Waals surface area contributed by atoms with Gasteiger partial charge in [0.25, 0.3) is 0 Å². The molecule has 0 fully saturated rings. The van der Waals surface area contributed by atoms with Crippen molar-refractivity contribution >= 4 is 51.5 Å². The van der Waals surface area contributed by atoms with E-state index in [1.807, 2.05) is 22.6 Å². The van der Waals surface area contributed by atoms with Crippen molar-refractivity contribution in [1.29, 1.82) is 0 Å². The van der Waals surface area contributed by atoms with Gasteiger partial charge in [-0.2, -0.15) is 0 Å². The number of carbonyl (C=O) groups excluding carboxylic acids is 1. The molecule has 1 aromatic rings. The largest absolute Gasteiger partial charge is 0.507 e. The molecule has 2 nitrogen and oxygen atoms in total. The van der Waals surface area contributed by atoms with Gasteiger partial charge in [0, 0.05) is 7.14 Å². The molecule has 58 valence electrons. The molecule has 0 amide bonds. The lowest BCUT2D eigenvalue weighted by atomic mass is 10.2. The number of hydrogen-bond donors (Lipinski definition) is 1. The van der Waals surface area contributed by atoms with Crippen LogP contribution in [0, 0.1) is 7.14 Å². The van der Waals surface area contributed by atoms with E-state index in [-0.39, 0.29) is 5.75 Å². The predicted molar refractivity (Wildman–Crippen MR) is 58.9 cm³/mol. The van der Waals surface area contributed by atoms with Crippen LogP contribution in [-0.2, 0) is 0 Å². The molecule has 0 aliphatic carbocycles. The Kier molecular flexibility index (Phi) is 3.11. The van der Waals surface area contributed by atoms with Crippen LogP contribution in [0.1, 0.15) is 10.4 Å². The molecular formula is C7H4I2O2. The summed E-state index contributed by atoms with van der Waals surface area (Å²) in [6.45, 7) is 0. The van der Waals surface area contributed by atoms with Crippen molar-refractivity contribution in [1.82, 2.24) is 0 Å². The first-order valence-electron chi connectivity index (χ1n) is 2.79. The van der Waals surface area contributed by atoms with Gasteiger partial charge in [-0.15, -0.1) is 0 Å². The molecule has 0 aliphatic heterocycles. The van der Waals surface area contributed by atoms with Crippen LogP contribution in [0.4, 0.5) is 0 Å². The Hall–Kier alpha value is 0.150. The summed E-state index contributed by atoms with van der Waals surface area (Å²) in [5.74, 6) is 0.0461. The van der Waals surface area contributed by atoms with Crippen molar-refractivity contribution in [2.75, 3.05) is 0 Å². The number of halogens is 2. The van der Waals surface area contributed by atoms with Gasteiger partial charge >= 0.3 is 0 Å². The molecule has 1 aromatic carbocycles. The average Bonchev–Trinajstić information content (AvgIpc) is 1.99. The third kappa shape index (κ3) is 1.84. The molecule has 0 unspecified atom stereocenters. The number of aldehydes is 1. The van der Waals surface area contributed by atoms with Crippen molar-refractivity contribution in [3.63, 3.8) is 0 Å². The third-order valence-electron chi connectivity index (χ3n) is 1.23. The van der Waals surface area contributed by atoms with E-state index in [1.165, 1.54) is 6.07 Å². The Labute approximate surface area is 91.3 Å². The molecule has 0 atom stereocenters. The highest BCUT2D eigenvalue weighted by Crippen LogP contribution is 2.25. The minimum atomic E-state index is 0.0461. The summed E-state index contributed by atoms with van der Waals surface area (Å²) in [5.41, 5.74) is 0.373. The third-order valence-corrected chi connectivity index (χ3v) is 4.32. The maximum absolute atomic E-state index is 10.4. The first-order valence-corrected chi connectivity index (χ1v) is 4.94. The fourth-order valence-corrected chi connectivity index (χ4v) is 1.72. The van der Waals surface area contributed by atoms with Gasteiger partial charge in [-0.05, 0) is 57.3 Å². The SMILES string of the molecule is O=Cc1c(O)ccc(I)c1I. The van der Waals surface area contributed by atoms with Gasteiger partial charge < -0.3 is 5.11 Å². The van der Waals surface area contributed by atoms with E-state index in [4.69, 9.17) is 0 Å². The number of rotatable bonds is 1. The molecule has 0 spiro atoms. The molecule has 0 radical (unpaired) electrons. The highest BCUT2D eigenvalue weighted by Gasteiger charge is 2.06. The number of phenolic OH excluding ortho intramolecular Hbond substituents is 1. The van der Waals surface area contributed by atoms with Gasteiger partial charge in [-0.3, -0.25) is 4.79 Å². The molecule has 1 N–H and O–H groups in total. The van der Waals surface area contributed by atoms with Crippen LogP contribution >= 0.6 is 45.2 Å². The first-order chi connectivity index (χ1) is 5.16. The molecule has 0 heterocycles. The van der Waals surface area contributed by atoms with Crippen LogP contribution in [0.15, 0.2) is 12.1 Å². The second-order valence-electron chi connectivity index (χ2n) is 1.91. The Morgan fingerprint density at radius 1 is 1.36 bits per heavy atom. The monoisotopic (exact) mass is 374 g/mol. The number of phenols is 1. The van der Waals surface area contributed by atoms with E-state index < -0.39 is 0 Å². The van der Waals surface area contributed by atoms with Crippen molar-refractivity contribution in [3.05, 3.63) is 24.8 Å². The second kappa shape index (κ2) is 3.70. The van der Waals surface area contributed by atoms with Crippen LogP contribution in [0.2, 0.25) is 0 Å². The Morgan fingerprint density at radius 3 is 2.45 bits per heavy atom. The lowest BCUT2D eigenvalue weighted by Crippen LogP contribution is -1.89. The second-order valence-corrected chi connectivity index (χ2v) is 4.15. The van der Waals surface area contributed by atoms with Crippen molar-refractivity contribution in [2.24, 2.45) is 0 Å². The zero-order chi connectivity index (χ0) is 8.43. The van der Waals surface area contributed by atoms with Crippen LogP contribution in [0.25, 0.3) is 0 Å². The number of benzene rings is 1. The molecular weight excluding hydrogens is 370 g/mol. The van der Waals surface area contributed by atoms with E-state index >= 15 is 0 Å². The molecule has 0 aliphatic rings. The molecule has 11 heavy (non-hydrogen) atoms. The summed E-state index contributed by atoms with van der Waals surface area (Å²) < 4.78 is 1.78. The summed E-state index contributed by atoms with van der Waals surface area (Å²) in [4.78, 5) is 10.4. The minimum absolute atomic E-state index is 0.0461. The maximum Gasteiger partial charge on any atom is 0.154 e. The summed E-state index contributed by atoms with van der Waals surface area (Å²) in [6, 6.07) is 3.29. The molecule has 0 aromatic heterocycles. The molecule has 1 rings (SSSR count). The lowest BCUT2D eigenvalue weighted by Gasteiger charge is -2.01. The normalized spacial score (nSPS) is 9.64. The van der Waals surface area contributed by atoms with Gasteiger partial charge in [0.15, 0.2) is 6.29 Å². The zero-order valence-corrected chi connectivity index (χ0v) is 9.66. The van der Waals surface area contributed by atoms with Crippen molar-refractivity contribution in [2.45, 2.75) is 0 Å². The van der Waals surface area contributed by atoms with Gasteiger partial charge in [0.2, 0.25) is 0 Å². The molecule has 0 saturated carbocycles. The topological polar surface area (TPSA) is 37.3 Å². The Balaban J connectivity index is 3.40. The number of carbonyl (C=O) groups is 1. The highest BCUT2D eigenvalue weighted by molar-refractivity contribution is 14.1. The smallest absolute Gasteiger partial charge is 0.154 e. The summed E-state index contributed by atoms with van der Waals surface area (Å²) >= 11 is 4.14. The zero-order valence-electron chi connectivity index (χ0n) is 5.34. The highest BCUT2D eigenvalue weighted by atomic mass is 127. The van der Waals surface area contributed by atoms with E-state index in [1.54, 1.807) is 6.07 Å². The van der Waals surface area contributed by atoms with E-state index in [9.17, 15) is 9.90 Å². The standard InChI is InChI=1S/C7H4I2O2/c8-5-1-2-6(11)4(3-10)7(5)9/h1-3,11H. The Morgan fingerprint density at radius 2 is 2.00 bits per heavy atom. The molecule has 0 saturated heterocycles. The van der Waals surface area contributed by atoms with E-state index in [2.05, 4.69) is 22.6 Å². The maximum atomic E-state index is 10.4. The Bertz CT molecular complexity index is 297. The molecule has 0 bridgehead atoms. The molecule has 4 heteroatoms. The summed E-state index contributed by atoms with van der Waals surface area (Å²) in [7, 11) is 0. The fraction of sp³-hybridized carbons (Fsp3) is 0. The average molecular weight is 374 g/mol. The summed E-state index contributed by atoms with van der Waals surface area (Å²) in [6.07, 6.45) is 0.666. The van der Waals surface area contributed by atoms with Crippen LogP contribution in [-0.4, -0.2) is 11.4 Å². The van der Waals surface area contributed by atoms with Crippen LogP contribution in [0.3, 0.4) is 0 Å². The quantitative estimate of drug-likeness (QED) is 0.606. The van der Waals surface area contributed by atoms with Gasteiger partial charge in [0.1, 0.15) is 5.75 Å². The number of aromatic hydroxyl groups is 1.